The third-order valence-electron chi connectivity index (χ3n) is 3.95. The first kappa shape index (κ1) is 18.0. The molecule has 2 heterocycles. The molecule has 0 bridgehead atoms. The van der Waals surface area contributed by atoms with Crippen molar-refractivity contribution >= 4 is 38.6 Å². The fourth-order valence-electron chi connectivity index (χ4n) is 2.62. The van der Waals surface area contributed by atoms with Crippen LogP contribution < -0.4 is 4.72 Å². The Hall–Kier alpha value is -1.83. The summed E-state index contributed by atoms with van der Waals surface area (Å²) in [6.45, 7) is 7.37. The highest BCUT2D eigenvalue weighted by atomic mass is 35.5. The van der Waals surface area contributed by atoms with Gasteiger partial charge in [-0.15, -0.1) is 11.3 Å². The maximum Gasteiger partial charge on any atom is 0.263 e. The summed E-state index contributed by atoms with van der Waals surface area (Å²) in [5, 5.41) is 4.50. The molecule has 0 aliphatic carbocycles. The lowest BCUT2D eigenvalue weighted by molar-refractivity contribution is 0.426. The van der Waals surface area contributed by atoms with E-state index in [9.17, 15) is 8.42 Å². The highest BCUT2D eigenvalue weighted by Gasteiger charge is 2.29. The molecule has 0 amide bonds. The SMILES string of the molecule is Cc1noc(-c2c(C)sc(C)c2S(=O)(=O)Nc2ccc(Cl)cc2)c1C. The molecule has 3 aromatic rings. The molecular weight excluding hydrogens is 380 g/mol. The number of anilines is 1. The van der Waals surface area contributed by atoms with Crippen molar-refractivity contribution in [1.82, 2.24) is 5.16 Å². The van der Waals surface area contributed by atoms with E-state index >= 15 is 0 Å². The first-order valence-corrected chi connectivity index (χ1v) is 10.2. The normalized spacial score (nSPS) is 11.7. The first-order valence-electron chi connectivity index (χ1n) is 7.52. The van der Waals surface area contributed by atoms with E-state index in [-0.39, 0.29) is 4.90 Å². The van der Waals surface area contributed by atoms with Crippen LogP contribution in [0, 0.1) is 27.7 Å². The Balaban J connectivity index is 2.13. The highest BCUT2D eigenvalue weighted by molar-refractivity contribution is 7.93. The molecule has 1 aromatic carbocycles. The van der Waals surface area contributed by atoms with Crippen LogP contribution in [0.2, 0.25) is 5.02 Å². The maximum absolute atomic E-state index is 13.0. The molecule has 0 fully saturated rings. The lowest BCUT2D eigenvalue weighted by Gasteiger charge is -2.10. The van der Waals surface area contributed by atoms with Gasteiger partial charge in [-0.25, -0.2) is 8.42 Å². The van der Waals surface area contributed by atoms with Gasteiger partial charge in [-0.1, -0.05) is 16.8 Å². The summed E-state index contributed by atoms with van der Waals surface area (Å²) in [6, 6.07) is 6.52. The molecule has 25 heavy (non-hydrogen) atoms. The van der Waals surface area contributed by atoms with Crippen LogP contribution in [0.1, 0.15) is 21.0 Å². The number of hydrogen-bond acceptors (Lipinski definition) is 5. The summed E-state index contributed by atoms with van der Waals surface area (Å²) in [5.74, 6) is 0.496. The molecule has 8 heteroatoms. The number of nitrogens with one attached hydrogen (secondary N) is 1. The molecule has 1 N–H and O–H groups in total. The van der Waals surface area contributed by atoms with E-state index in [2.05, 4.69) is 9.88 Å². The quantitative estimate of drug-likeness (QED) is 0.666. The van der Waals surface area contributed by atoms with Gasteiger partial charge in [0, 0.05) is 26.0 Å². The number of nitrogens with zero attached hydrogens (tertiary/aromatic N) is 1. The fourth-order valence-corrected chi connectivity index (χ4v) is 5.66. The van der Waals surface area contributed by atoms with Crippen LogP contribution in [0.15, 0.2) is 33.7 Å². The number of benzene rings is 1. The molecule has 3 rings (SSSR count). The monoisotopic (exact) mass is 396 g/mol. The van der Waals surface area contributed by atoms with E-state index in [1.807, 2.05) is 20.8 Å². The van der Waals surface area contributed by atoms with E-state index in [0.29, 0.717) is 26.9 Å². The van der Waals surface area contributed by atoms with Crippen LogP contribution in [0.25, 0.3) is 11.3 Å². The van der Waals surface area contributed by atoms with Gasteiger partial charge in [0.15, 0.2) is 5.76 Å². The molecule has 0 aliphatic heterocycles. The Labute approximate surface area is 155 Å². The van der Waals surface area contributed by atoms with Crippen molar-refractivity contribution < 1.29 is 12.9 Å². The summed E-state index contributed by atoms with van der Waals surface area (Å²) >= 11 is 7.28. The molecule has 0 aliphatic rings. The fraction of sp³-hybridized carbons (Fsp3) is 0.235. The molecule has 0 saturated carbocycles. The lowest BCUT2D eigenvalue weighted by Crippen LogP contribution is -2.14. The van der Waals surface area contributed by atoms with Crippen molar-refractivity contribution in [2.75, 3.05) is 4.72 Å². The second-order valence-corrected chi connectivity index (χ2v) is 9.24. The van der Waals surface area contributed by atoms with Crippen LogP contribution in [0.5, 0.6) is 0 Å². The van der Waals surface area contributed by atoms with Gasteiger partial charge < -0.3 is 4.52 Å². The van der Waals surface area contributed by atoms with E-state index in [0.717, 1.165) is 16.1 Å². The topological polar surface area (TPSA) is 72.2 Å². The van der Waals surface area contributed by atoms with Gasteiger partial charge in [0.05, 0.1) is 11.3 Å². The molecule has 0 spiro atoms. The van der Waals surface area contributed by atoms with Gasteiger partial charge in [0.2, 0.25) is 0 Å². The number of thiophene rings is 1. The number of aromatic nitrogens is 1. The van der Waals surface area contributed by atoms with Gasteiger partial charge in [-0.3, -0.25) is 4.72 Å². The lowest BCUT2D eigenvalue weighted by atomic mass is 10.1. The third kappa shape index (κ3) is 3.31. The van der Waals surface area contributed by atoms with E-state index in [1.54, 1.807) is 31.2 Å². The van der Waals surface area contributed by atoms with Gasteiger partial charge >= 0.3 is 0 Å². The number of sulfonamides is 1. The Bertz CT molecular complexity index is 1030. The minimum Gasteiger partial charge on any atom is -0.356 e. The molecule has 0 unspecified atom stereocenters. The predicted molar refractivity (Wildman–Crippen MR) is 101 cm³/mol. The van der Waals surface area contributed by atoms with Crippen LogP contribution >= 0.6 is 22.9 Å². The van der Waals surface area contributed by atoms with Crippen molar-refractivity contribution in [2.24, 2.45) is 0 Å². The zero-order valence-corrected chi connectivity index (χ0v) is 16.6. The third-order valence-corrected chi connectivity index (χ3v) is 6.91. The zero-order chi connectivity index (χ0) is 18.4. The minimum atomic E-state index is -3.79. The summed E-state index contributed by atoms with van der Waals surface area (Å²) in [7, 11) is -3.79. The molecule has 2 aromatic heterocycles. The molecule has 5 nitrogen and oxygen atoms in total. The maximum atomic E-state index is 13.0. The van der Waals surface area contributed by atoms with E-state index in [1.165, 1.54) is 11.3 Å². The average Bonchev–Trinajstić information content (AvgIpc) is 3.01. The van der Waals surface area contributed by atoms with Gasteiger partial charge in [0.25, 0.3) is 10.0 Å². The molecular formula is C17H17ClN2O3S2. The predicted octanol–water partition coefficient (Wildman–Crippen LogP) is 5.09. The Morgan fingerprint density at radius 3 is 2.28 bits per heavy atom. The van der Waals surface area contributed by atoms with Crippen molar-refractivity contribution in [2.45, 2.75) is 32.6 Å². The summed E-state index contributed by atoms with van der Waals surface area (Å²) in [5.41, 5.74) is 2.60. The largest absolute Gasteiger partial charge is 0.356 e. The van der Waals surface area contributed by atoms with Gasteiger partial charge in [-0.05, 0) is 52.0 Å². The van der Waals surface area contributed by atoms with Crippen molar-refractivity contribution in [3.8, 4) is 11.3 Å². The molecule has 0 radical (unpaired) electrons. The summed E-state index contributed by atoms with van der Waals surface area (Å²) in [6.07, 6.45) is 0. The summed E-state index contributed by atoms with van der Waals surface area (Å²) in [4.78, 5) is 1.79. The number of aryl methyl sites for hydroxylation is 3. The number of rotatable bonds is 4. The summed E-state index contributed by atoms with van der Waals surface area (Å²) < 4.78 is 34.1. The average molecular weight is 397 g/mol. The Morgan fingerprint density at radius 1 is 1.08 bits per heavy atom. The Kier molecular flexibility index (Phi) is 4.66. The number of hydrogen-bond donors (Lipinski definition) is 1. The van der Waals surface area contributed by atoms with E-state index < -0.39 is 10.0 Å². The minimum absolute atomic E-state index is 0.226. The van der Waals surface area contributed by atoms with Crippen LogP contribution in [-0.4, -0.2) is 13.6 Å². The second-order valence-electron chi connectivity index (χ2n) is 5.75. The second kappa shape index (κ2) is 6.48. The van der Waals surface area contributed by atoms with Gasteiger partial charge in [-0.2, -0.15) is 0 Å². The van der Waals surface area contributed by atoms with Crippen LogP contribution in [0.4, 0.5) is 5.69 Å². The van der Waals surface area contributed by atoms with Crippen molar-refractivity contribution in [3.05, 3.63) is 50.3 Å². The molecule has 132 valence electrons. The molecule has 0 saturated heterocycles. The van der Waals surface area contributed by atoms with E-state index in [4.69, 9.17) is 16.1 Å². The first-order chi connectivity index (χ1) is 11.7. The highest BCUT2D eigenvalue weighted by Crippen LogP contribution is 2.41. The van der Waals surface area contributed by atoms with Crippen molar-refractivity contribution in [3.63, 3.8) is 0 Å². The van der Waals surface area contributed by atoms with Crippen LogP contribution in [-0.2, 0) is 10.0 Å². The van der Waals surface area contributed by atoms with Crippen molar-refractivity contribution in [1.29, 1.82) is 0 Å². The van der Waals surface area contributed by atoms with Crippen LogP contribution in [0.3, 0.4) is 0 Å². The number of halogens is 1. The smallest absolute Gasteiger partial charge is 0.263 e. The standard InChI is InChI=1S/C17H17ClN2O3S2/c1-9-10(2)19-23-16(9)15-11(3)24-12(4)17(15)25(21,22)20-14-7-5-13(18)6-8-14/h5-8,20H,1-4H3. The van der Waals surface area contributed by atoms with Gasteiger partial charge in [0.1, 0.15) is 4.90 Å². The Morgan fingerprint density at radius 2 is 1.72 bits per heavy atom. The zero-order valence-electron chi connectivity index (χ0n) is 14.2. The molecule has 0 atom stereocenters.